The van der Waals surface area contributed by atoms with Gasteiger partial charge in [0.05, 0.1) is 19.7 Å². The molecule has 0 bridgehead atoms. The van der Waals surface area contributed by atoms with Crippen molar-refractivity contribution in [2.75, 3.05) is 14.2 Å². The summed E-state index contributed by atoms with van der Waals surface area (Å²) in [5, 5.41) is 0.790. The number of hydrogen-bond donors (Lipinski definition) is 0. The van der Waals surface area contributed by atoms with Gasteiger partial charge in [0.1, 0.15) is 11.4 Å². The van der Waals surface area contributed by atoms with Crippen LogP contribution in [-0.2, 0) is 0 Å². The molecular formula is C25H22N2O4. The van der Waals surface area contributed by atoms with Crippen molar-refractivity contribution in [1.29, 1.82) is 0 Å². The molecule has 31 heavy (non-hydrogen) atoms. The lowest BCUT2D eigenvalue weighted by atomic mass is 10.1. The van der Waals surface area contributed by atoms with E-state index in [4.69, 9.17) is 14.2 Å². The van der Waals surface area contributed by atoms with Crippen molar-refractivity contribution in [1.82, 2.24) is 9.97 Å². The Morgan fingerprint density at radius 1 is 0.839 bits per heavy atom. The topological polar surface area (TPSA) is 70.5 Å². The maximum absolute atomic E-state index is 11.6. The van der Waals surface area contributed by atoms with Crippen molar-refractivity contribution in [3.05, 3.63) is 72.1 Å². The van der Waals surface area contributed by atoms with Crippen LogP contribution in [0, 0.1) is 6.92 Å². The van der Waals surface area contributed by atoms with Crippen LogP contribution in [0.1, 0.15) is 23.0 Å². The lowest BCUT2D eigenvalue weighted by molar-refractivity contribution is 0.101. The fourth-order valence-corrected chi connectivity index (χ4v) is 3.35. The van der Waals surface area contributed by atoms with E-state index in [1.54, 1.807) is 45.5 Å². The second-order valence-electron chi connectivity index (χ2n) is 7.07. The molecule has 2 aromatic carbocycles. The van der Waals surface area contributed by atoms with E-state index >= 15 is 0 Å². The number of ether oxygens (including phenoxy) is 3. The summed E-state index contributed by atoms with van der Waals surface area (Å²) in [6.45, 7) is 3.47. The summed E-state index contributed by atoms with van der Waals surface area (Å²) in [5.41, 5.74) is 3.80. The van der Waals surface area contributed by atoms with Gasteiger partial charge in [-0.25, -0.2) is 4.98 Å². The number of benzene rings is 2. The fraction of sp³-hybridized carbons (Fsp3) is 0.160. The van der Waals surface area contributed by atoms with Gasteiger partial charge in [0.2, 0.25) is 0 Å². The molecule has 4 aromatic rings. The summed E-state index contributed by atoms with van der Waals surface area (Å²) in [6.07, 6.45) is 1.69. The van der Waals surface area contributed by atoms with Gasteiger partial charge < -0.3 is 14.2 Å². The molecule has 4 rings (SSSR count). The monoisotopic (exact) mass is 414 g/mol. The molecule has 2 aromatic heterocycles. The standard InChI is InChI=1S/C25H22N2O4/c1-15-5-10-22(25(27-15)18-8-6-17(7-9-18)16(2)28)31-21-11-12-26-20-14-24(30-4)23(29-3)13-19(20)21/h5-14H,1-4H3. The molecule has 6 heteroatoms. The Balaban J connectivity index is 1.80. The first kappa shape index (κ1) is 20.3. The van der Waals surface area contributed by atoms with Gasteiger partial charge in [0.25, 0.3) is 0 Å². The zero-order chi connectivity index (χ0) is 22.0. The second-order valence-corrected chi connectivity index (χ2v) is 7.07. The highest BCUT2D eigenvalue weighted by atomic mass is 16.5. The van der Waals surface area contributed by atoms with Crippen molar-refractivity contribution in [2.45, 2.75) is 13.8 Å². The SMILES string of the molecule is COc1cc2nccc(Oc3ccc(C)nc3-c3ccc(C(C)=O)cc3)c2cc1OC. The number of nitrogens with zero attached hydrogens (tertiary/aromatic N) is 2. The number of aromatic nitrogens is 2. The average Bonchev–Trinajstić information content (AvgIpc) is 2.79. The summed E-state index contributed by atoms with van der Waals surface area (Å²) >= 11 is 0. The molecule has 0 radical (unpaired) electrons. The molecule has 6 nitrogen and oxygen atoms in total. The minimum atomic E-state index is 0.0212. The van der Waals surface area contributed by atoms with E-state index in [-0.39, 0.29) is 5.78 Å². The van der Waals surface area contributed by atoms with Crippen molar-refractivity contribution >= 4 is 16.7 Å². The van der Waals surface area contributed by atoms with Crippen molar-refractivity contribution in [3.8, 4) is 34.3 Å². The Bertz CT molecular complexity index is 1270. The van der Waals surface area contributed by atoms with Crippen LogP contribution in [0.3, 0.4) is 0 Å². The van der Waals surface area contributed by atoms with Crippen molar-refractivity contribution in [2.24, 2.45) is 0 Å². The van der Waals surface area contributed by atoms with Crippen LogP contribution in [-0.4, -0.2) is 30.0 Å². The number of aryl methyl sites for hydroxylation is 1. The Kier molecular flexibility index (Phi) is 5.54. The maximum atomic E-state index is 11.6. The maximum Gasteiger partial charge on any atom is 0.162 e. The molecule has 156 valence electrons. The molecular weight excluding hydrogens is 392 g/mol. The van der Waals surface area contributed by atoms with Gasteiger partial charge in [0, 0.05) is 34.5 Å². The number of hydrogen-bond acceptors (Lipinski definition) is 6. The summed E-state index contributed by atoms with van der Waals surface area (Å²) < 4.78 is 17.1. The van der Waals surface area contributed by atoms with Crippen molar-refractivity contribution < 1.29 is 19.0 Å². The number of ketones is 1. The normalized spacial score (nSPS) is 10.7. The van der Waals surface area contributed by atoms with Gasteiger partial charge in [0.15, 0.2) is 23.0 Å². The number of methoxy groups -OCH3 is 2. The largest absolute Gasteiger partial charge is 0.493 e. The van der Waals surface area contributed by atoms with E-state index in [2.05, 4.69) is 9.97 Å². The molecule has 0 saturated carbocycles. The van der Waals surface area contributed by atoms with Gasteiger partial charge in [-0.3, -0.25) is 9.78 Å². The molecule has 0 aliphatic rings. The Labute approximate surface area is 180 Å². The predicted molar refractivity (Wildman–Crippen MR) is 119 cm³/mol. The van der Waals surface area contributed by atoms with Crippen LogP contribution in [0.4, 0.5) is 0 Å². The minimum absolute atomic E-state index is 0.0212. The number of rotatable bonds is 6. The van der Waals surface area contributed by atoms with E-state index in [0.717, 1.165) is 22.2 Å². The van der Waals surface area contributed by atoms with E-state index in [0.29, 0.717) is 34.3 Å². The number of carbonyl (C=O) groups is 1. The molecule has 2 heterocycles. The summed E-state index contributed by atoms with van der Waals surface area (Å²) in [5.74, 6) is 2.44. The molecule has 0 fully saturated rings. The minimum Gasteiger partial charge on any atom is -0.493 e. The highest BCUT2D eigenvalue weighted by Gasteiger charge is 2.15. The Hall–Kier alpha value is -3.93. The van der Waals surface area contributed by atoms with Crippen LogP contribution in [0.25, 0.3) is 22.2 Å². The summed E-state index contributed by atoms with van der Waals surface area (Å²) in [7, 11) is 3.18. The van der Waals surface area contributed by atoms with Crippen LogP contribution < -0.4 is 14.2 Å². The van der Waals surface area contributed by atoms with Gasteiger partial charge in [-0.15, -0.1) is 0 Å². The lowest BCUT2D eigenvalue weighted by Crippen LogP contribution is -1.97. The third-order valence-corrected chi connectivity index (χ3v) is 4.99. The van der Waals surface area contributed by atoms with Crippen LogP contribution in [0.2, 0.25) is 0 Å². The van der Waals surface area contributed by atoms with E-state index in [9.17, 15) is 4.79 Å². The quantitative estimate of drug-likeness (QED) is 0.382. The highest BCUT2D eigenvalue weighted by molar-refractivity contribution is 5.94. The van der Waals surface area contributed by atoms with Gasteiger partial charge in [-0.2, -0.15) is 0 Å². The number of Topliss-reactive ketones (excluding diaryl/α,β-unsaturated/α-hetero) is 1. The van der Waals surface area contributed by atoms with E-state index < -0.39 is 0 Å². The second kappa shape index (κ2) is 8.44. The average molecular weight is 414 g/mol. The first-order valence-electron chi connectivity index (χ1n) is 9.77. The van der Waals surface area contributed by atoms with E-state index in [1.807, 2.05) is 43.3 Å². The van der Waals surface area contributed by atoms with Gasteiger partial charge in [-0.05, 0) is 38.1 Å². The van der Waals surface area contributed by atoms with Crippen LogP contribution >= 0.6 is 0 Å². The zero-order valence-corrected chi connectivity index (χ0v) is 17.8. The summed E-state index contributed by atoms with van der Waals surface area (Å²) in [6, 6.07) is 16.6. The van der Waals surface area contributed by atoms with Crippen LogP contribution in [0.15, 0.2) is 60.8 Å². The molecule has 0 spiro atoms. The first-order chi connectivity index (χ1) is 15.0. The summed E-state index contributed by atoms with van der Waals surface area (Å²) in [4.78, 5) is 20.7. The number of fused-ring (bicyclic) bond motifs is 1. The number of pyridine rings is 2. The smallest absolute Gasteiger partial charge is 0.162 e. The first-order valence-corrected chi connectivity index (χ1v) is 9.77. The number of carbonyl (C=O) groups excluding carboxylic acids is 1. The van der Waals surface area contributed by atoms with Crippen LogP contribution in [0.5, 0.6) is 23.0 Å². The lowest BCUT2D eigenvalue weighted by Gasteiger charge is -2.14. The molecule has 0 aliphatic heterocycles. The molecule has 0 atom stereocenters. The van der Waals surface area contributed by atoms with E-state index in [1.165, 1.54) is 0 Å². The molecule has 0 amide bonds. The zero-order valence-electron chi connectivity index (χ0n) is 17.8. The Morgan fingerprint density at radius 2 is 1.55 bits per heavy atom. The fourth-order valence-electron chi connectivity index (χ4n) is 3.35. The van der Waals surface area contributed by atoms with Gasteiger partial charge >= 0.3 is 0 Å². The Morgan fingerprint density at radius 3 is 2.23 bits per heavy atom. The van der Waals surface area contributed by atoms with Crippen molar-refractivity contribution in [3.63, 3.8) is 0 Å². The third kappa shape index (κ3) is 4.05. The molecule has 0 unspecified atom stereocenters. The molecule has 0 saturated heterocycles. The van der Waals surface area contributed by atoms with Gasteiger partial charge in [-0.1, -0.05) is 24.3 Å². The highest BCUT2D eigenvalue weighted by Crippen LogP contribution is 2.39. The predicted octanol–water partition coefficient (Wildman–Crippen LogP) is 5.62. The molecule has 0 aliphatic carbocycles. The molecule has 0 N–H and O–H groups in total. The third-order valence-electron chi connectivity index (χ3n) is 4.99.